The van der Waals surface area contributed by atoms with Crippen LogP contribution in [0, 0.1) is 0 Å². The van der Waals surface area contributed by atoms with Crippen LogP contribution in [0.1, 0.15) is 23.5 Å². The first-order chi connectivity index (χ1) is 6.77. The molecule has 1 aliphatic carbocycles. The molecule has 0 aromatic heterocycles. The van der Waals surface area contributed by atoms with Crippen LogP contribution in [0.5, 0.6) is 0 Å². The Balaban J connectivity index is 2.07. The number of fused-ring (bicyclic) bond motifs is 1. The Morgan fingerprint density at radius 3 is 3.07 bits per heavy atom. The second kappa shape index (κ2) is 3.70. The Kier molecular flexibility index (Phi) is 2.39. The lowest BCUT2D eigenvalue weighted by atomic mass is 10.0. The Morgan fingerprint density at radius 2 is 2.29 bits per heavy atom. The van der Waals surface area contributed by atoms with Gasteiger partial charge in [0.25, 0.3) is 0 Å². The van der Waals surface area contributed by atoms with E-state index in [-0.39, 0.29) is 0 Å². The van der Waals surface area contributed by atoms with Crippen LogP contribution in [0.4, 0.5) is 4.79 Å². The number of carbonyl (C=O) groups is 1. The highest BCUT2D eigenvalue weighted by Gasteiger charge is 2.21. The van der Waals surface area contributed by atoms with Gasteiger partial charge in [-0.3, -0.25) is 0 Å². The van der Waals surface area contributed by atoms with E-state index in [1.807, 2.05) is 12.1 Å². The molecule has 1 atom stereocenters. The molecule has 2 rings (SSSR count). The average Bonchev–Trinajstić information content (AvgIpc) is 2.58. The highest BCUT2D eigenvalue weighted by Crippen LogP contribution is 2.31. The first-order valence-corrected chi connectivity index (χ1v) is 4.82. The molecule has 14 heavy (non-hydrogen) atoms. The summed E-state index contributed by atoms with van der Waals surface area (Å²) in [6.07, 6.45) is 1.19. The van der Waals surface area contributed by atoms with Crippen molar-refractivity contribution in [1.29, 1.82) is 0 Å². The largest absolute Gasteiger partial charge is 0.465 e. The van der Waals surface area contributed by atoms with Gasteiger partial charge >= 0.3 is 6.09 Å². The first-order valence-electron chi connectivity index (χ1n) is 4.82. The van der Waals surface area contributed by atoms with Gasteiger partial charge in [-0.15, -0.1) is 0 Å². The number of benzene rings is 1. The molecular formula is C11H13NO2. The number of hydrogen-bond acceptors (Lipinski definition) is 1. The number of hydrogen-bond donors (Lipinski definition) is 2. The van der Waals surface area contributed by atoms with Crippen LogP contribution in [-0.2, 0) is 6.42 Å². The topological polar surface area (TPSA) is 49.3 Å². The molecule has 74 valence electrons. The summed E-state index contributed by atoms with van der Waals surface area (Å²) in [5, 5.41) is 11.0. The molecule has 0 aliphatic heterocycles. The highest BCUT2D eigenvalue weighted by atomic mass is 16.4. The van der Waals surface area contributed by atoms with Gasteiger partial charge in [-0.05, 0) is 24.0 Å². The molecule has 0 bridgehead atoms. The standard InChI is InChI=1S/C11H13NO2/c13-11(14)12-7-9-6-5-8-3-1-2-4-10(8)9/h1-4,9,12H,5-7H2,(H,13,14). The second-order valence-electron chi connectivity index (χ2n) is 3.62. The molecule has 1 unspecified atom stereocenters. The number of rotatable bonds is 2. The predicted molar refractivity (Wildman–Crippen MR) is 53.5 cm³/mol. The van der Waals surface area contributed by atoms with Gasteiger partial charge in [0.1, 0.15) is 0 Å². The Hall–Kier alpha value is -1.51. The van der Waals surface area contributed by atoms with Gasteiger partial charge in [-0.25, -0.2) is 4.79 Å². The third kappa shape index (κ3) is 1.71. The maximum atomic E-state index is 10.4. The number of aryl methyl sites for hydroxylation is 1. The van der Waals surface area contributed by atoms with E-state index in [0.717, 1.165) is 12.8 Å². The fraction of sp³-hybridized carbons (Fsp3) is 0.364. The summed E-state index contributed by atoms with van der Waals surface area (Å²) in [5.41, 5.74) is 2.67. The van der Waals surface area contributed by atoms with E-state index in [1.54, 1.807) is 0 Å². The molecule has 0 saturated heterocycles. The molecule has 0 heterocycles. The van der Waals surface area contributed by atoms with Crippen LogP contribution < -0.4 is 5.32 Å². The van der Waals surface area contributed by atoms with Gasteiger partial charge in [0.05, 0.1) is 0 Å². The fourth-order valence-electron chi connectivity index (χ4n) is 2.07. The van der Waals surface area contributed by atoms with Crippen LogP contribution in [0.2, 0.25) is 0 Å². The van der Waals surface area contributed by atoms with Crippen LogP contribution in [0.3, 0.4) is 0 Å². The molecular weight excluding hydrogens is 178 g/mol. The molecule has 0 radical (unpaired) electrons. The van der Waals surface area contributed by atoms with Crippen LogP contribution in [0.25, 0.3) is 0 Å². The second-order valence-corrected chi connectivity index (χ2v) is 3.62. The van der Waals surface area contributed by atoms with Crippen molar-refractivity contribution in [3.63, 3.8) is 0 Å². The maximum Gasteiger partial charge on any atom is 0.404 e. The zero-order chi connectivity index (χ0) is 9.97. The lowest BCUT2D eigenvalue weighted by molar-refractivity contribution is 0.193. The molecule has 2 N–H and O–H groups in total. The molecule has 0 fully saturated rings. The van der Waals surface area contributed by atoms with Gasteiger partial charge in [-0.2, -0.15) is 0 Å². The number of nitrogens with one attached hydrogen (secondary N) is 1. The van der Waals surface area contributed by atoms with Crippen molar-refractivity contribution in [2.75, 3.05) is 6.54 Å². The Bertz CT molecular complexity index is 349. The summed E-state index contributed by atoms with van der Waals surface area (Å²) >= 11 is 0. The Labute approximate surface area is 82.8 Å². The summed E-state index contributed by atoms with van der Waals surface area (Å²) < 4.78 is 0. The zero-order valence-corrected chi connectivity index (χ0v) is 7.86. The zero-order valence-electron chi connectivity index (χ0n) is 7.86. The number of amides is 1. The molecule has 1 aromatic rings. The summed E-state index contributed by atoms with van der Waals surface area (Å²) in [4.78, 5) is 10.4. The minimum atomic E-state index is -0.936. The lowest BCUT2D eigenvalue weighted by Crippen LogP contribution is -2.25. The molecule has 0 saturated carbocycles. The lowest BCUT2D eigenvalue weighted by Gasteiger charge is -2.10. The molecule has 1 aliphatic rings. The van der Waals surface area contributed by atoms with E-state index in [1.165, 1.54) is 11.1 Å². The summed E-state index contributed by atoms with van der Waals surface area (Å²) in [5.74, 6) is 0.363. The van der Waals surface area contributed by atoms with E-state index < -0.39 is 6.09 Å². The normalized spacial score (nSPS) is 19.0. The van der Waals surface area contributed by atoms with Crippen molar-refractivity contribution in [2.24, 2.45) is 0 Å². The van der Waals surface area contributed by atoms with E-state index in [2.05, 4.69) is 17.4 Å². The SMILES string of the molecule is O=C(O)NCC1CCc2ccccc21. The summed E-state index contributed by atoms with van der Waals surface area (Å²) in [6, 6.07) is 8.26. The van der Waals surface area contributed by atoms with E-state index in [9.17, 15) is 4.79 Å². The van der Waals surface area contributed by atoms with Crippen LogP contribution in [-0.4, -0.2) is 17.7 Å². The quantitative estimate of drug-likeness (QED) is 0.751. The van der Waals surface area contributed by atoms with Gasteiger partial charge in [0, 0.05) is 12.5 Å². The van der Waals surface area contributed by atoms with E-state index in [4.69, 9.17) is 5.11 Å². The van der Waals surface area contributed by atoms with Crippen molar-refractivity contribution in [3.8, 4) is 0 Å². The van der Waals surface area contributed by atoms with Gasteiger partial charge in [0.15, 0.2) is 0 Å². The van der Waals surface area contributed by atoms with Crippen molar-refractivity contribution in [1.82, 2.24) is 5.32 Å². The summed E-state index contributed by atoms with van der Waals surface area (Å²) in [6.45, 7) is 0.534. The maximum absolute atomic E-state index is 10.4. The monoisotopic (exact) mass is 191 g/mol. The fourth-order valence-corrected chi connectivity index (χ4v) is 2.07. The van der Waals surface area contributed by atoms with Gasteiger partial charge < -0.3 is 10.4 Å². The average molecular weight is 191 g/mol. The van der Waals surface area contributed by atoms with Crippen molar-refractivity contribution >= 4 is 6.09 Å². The highest BCUT2D eigenvalue weighted by molar-refractivity contribution is 5.64. The van der Waals surface area contributed by atoms with E-state index >= 15 is 0 Å². The smallest absolute Gasteiger partial charge is 0.404 e. The third-order valence-corrected chi connectivity index (χ3v) is 2.76. The number of carboxylic acid groups (broad SMARTS) is 1. The third-order valence-electron chi connectivity index (χ3n) is 2.76. The Morgan fingerprint density at radius 1 is 1.50 bits per heavy atom. The summed E-state index contributed by atoms with van der Waals surface area (Å²) in [7, 11) is 0. The molecule has 0 spiro atoms. The van der Waals surface area contributed by atoms with Crippen LogP contribution in [0.15, 0.2) is 24.3 Å². The van der Waals surface area contributed by atoms with Gasteiger partial charge in [-0.1, -0.05) is 24.3 Å². The van der Waals surface area contributed by atoms with Crippen LogP contribution >= 0.6 is 0 Å². The molecule has 1 amide bonds. The minimum Gasteiger partial charge on any atom is -0.465 e. The van der Waals surface area contributed by atoms with Crippen molar-refractivity contribution < 1.29 is 9.90 Å². The van der Waals surface area contributed by atoms with Gasteiger partial charge in [0.2, 0.25) is 0 Å². The molecule has 3 heteroatoms. The minimum absolute atomic E-state index is 0.363. The molecule has 3 nitrogen and oxygen atoms in total. The van der Waals surface area contributed by atoms with Crippen molar-refractivity contribution in [2.45, 2.75) is 18.8 Å². The molecule has 1 aromatic carbocycles. The van der Waals surface area contributed by atoms with Crippen molar-refractivity contribution in [3.05, 3.63) is 35.4 Å². The van der Waals surface area contributed by atoms with E-state index in [0.29, 0.717) is 12.5 Å². The predicted octanol–water partition coefficient (Wildman–Crippen LogP) is 1.98. The first kappa shape index (κ1) is 9.06.